The molecular formula is C13H22N4O2. The summed E-state index contributed by atoms with van der Waals surface area (Å²) in [4.78, 5) is 14.0. The van der Waals surface area contributed by atoms with Gasteiger partial charge >= 0.3 is 6.03 Å². The van der Waals surface area contributed by atoms with E-state index in [1.807, 2.05) is 20.9 Å². The molecule has 1 aromatic heterocycles. The number of hydrogen-bond acceptors (Lipinski definition) is 3. The first-order valence-electron chi connectivity index (χ1n) is 6.77. The Morgan fingerprint density at radius 2 is 2.47 bits per heavy atom. The Kier molecular flexibility index (Phi) is 4.42. The highest BCUT2D eigenvalue weighted by Crippen LogP contribution is 2.17. The van der Waals surface area contributed by atoms with Gasteiger partial charge in [0.2, 0.25) is 0 Å². The second-order valence-electron chi connectivity index (χ2n) is 4.90. The monoisotopic (exact) mass is 266 g/mol. The molecular weight excluding hydrogens is 244 g/mol. The average molecular weight is 266 g/mol. The van der Waals surface area contributed by atoms with Crippen LogP contribution in [0.25, 0.3) is 0 Å². The van der Waals surface area contributed by atoms with E-state index in [9.17, 15) is 4.79 Å². The third-order valence-electron chi connectivity index (χ3n) is 3.55. The minimum atomic E-state index is -0.103. The Labute approximate surface area is 113 Å². The summed E-state index contributed by atoms with van der Waals surface area (Å²) in [6, 6.07) is 0.0563. The molecule has 2 rings (SSSR count). The number of ether oxygens (including phenoxy) is 1. The zero-order valence-electron chi connectivity index (χ0n) is 11.8. The summed E-state index contributed by atoms with van der Waals surface area (Å²) < 4.78 is 7.21. The summed E-state index contributed by atoms with van der Waals surface area (Å²) in [5.41, 5.74) is 0.975. The van der Waals surface area contributed by atoms with Crippen LogP contribution in [0.2, 0.25) is 0 Å². The van der Waals surface area contributed by atoms with Gasteiger partial charge in [-0.15, -0.1) is 0 Å². The Morgan fingerprint density at radius 3 is 3.11 bits per heavy atom. The number of nitrogens with one attached hydrogen (secondary N) is 1. The number of nitrogens with zero attached hydrogens (tertiary/aromatic N) is 3. The quantitative estimate of drug-likeness (QED) is 0.908. The molecule has 0 aromatic carbocycles. The first-order valence-corrected chi connectivity index (χ1v) is 6.77. The van der Waals surface area contributed by atoms with Gasteiger partial charge in [0.05, 0.1) is 18.8 Å². The normalized spacial score (nSPS) is 19.2. The van der Waals surface area contributed by atoms with E-state index >= 15 is 0 Å². The van der Waals surface area contributed by atoms with Crippen LogP contribution in [0.1, 0.15) is 25.3 Å². The standard InChI is InChI=1S/C13H22N4O2/c1-4-17-12(10(2)8-14-17)15-13(18)16(3)11-6-5-7-19-9-11/h8,11H,4-7,9H2,1-3H3,(H,15,18). The molecule has 2 heterocycles. The minimum Gasteiger partial charge on any atom is -0.379 e. The number of amides is 2. The summed E-state index contributed by atoms with van der Waals surface area (Å²) in [5.74, 6) is 0.774. The summed E-state index contributed by atoms with van der Waals surface area (Å²) >= 11 is 0. The number of rotatable bonds is 3. The van der Waals surface area contributed by atoms with Crippen LogP contribution in [0, 0.1) is 6.92 Å². The molecule has 6 heteroatoms. The fourth-order valence-corrected chi connectivity index (χ4v) is 2.27. The van der Waals surface area contributed by atoms with Crippen molar-refractivity contribution < 1.29 is 9.53 Å². The zero-order valence-corrected chi connectivity index (χ0v) is 11.8. The van der Waals surface area contributed by atoms with Crippen molar-refractivity contribution >= 4 is 11.8 Å². The van der Waals surface area contributed by atoms with Crippen LogP contribution < -0.4 is 5.32 Å². The van der Waals surface area contributed by atoms with Gasteiger partial charge in [-0.2, -0.15) is 5.10 Å². The van der Waals surface area contributed by atoms with E-state index in [0.717, 1.165) is 37.4 Å². The van der Waals surface area contributed by atoms with E-state index in [0.29, 0.717) is 6.61 Å². The van der Waals surface area contributed by atoms with Crippen molar-refractivity contribution in [2.45, 2.75) is 39.3 Å². The van der Waals surface area contributed by atoms with E-state index in [-0.39, 0.29) is 12.1 Å². The van der Waals surface area contributed by atoms with Crippen LogP contribution in [0.3, 0.4) is 0 Å². The predicted molar refractivity (Wildman–Crippen MR) is 73.3 cm³/mol. The van der Waals surface area contributed by atoms with E-state index in [2.05, 4.69) is 10.4 Å². The third kappa shape index (κ3) is 3.07. The van der Waals surface area contributed by atoms with Crippen molar-refractivity contribution in [3.05, 3.63) is 11.8 Å². The third-order valence-corrected chi connectivity index (χ3v) is 3.55. The average Bonchev–Trinajstić information content (AvgIpc) is 2.79. The molecule has 6 nitrogen and oxygen atoms in total. The van der Waals surface area contributed by atoms with E-state index in [1.165, 1.54) is 0 Å². The predicted octanol–water partition coefficient (Wildman–Crippen LogP) is 1.85. The highest BCUT2D eigenvalue weighted by molar-refractivity contribution is 5.89. The number of likely N-dealkylation sites (N-methyl/N-ethyl adjacent to an activating group) is 1. The lowest BCUT2D eigenvalue weighted by atomic mass is 10.1. The Hall–Kier alpha value is -1.56. The maximum atomic E-state index is 12.2. The highest BCUT2D eigenvalue weighted by atomic mass is 16.5. The molecule has 1 saturated heterocycles. The maximum Gasteiger partial charge on any atom is 0.323 e. The highest BCUT2D eigenvalue weighted by Gasteiger charge is 2.23. The summed E-state index contributed by atoms with van der Waals surface area (Å²) in [5, 5.41) is 7.16. The summed E-state index contributed by atoms with van der Waals surface area (Å²) in [6.07, 6.45) is 3.77. The van der Waals surface area contributed by atoms with Crippen molar-refractivity contribution in [1.29, 1.82) is 0 Å². The minimum absolute atomic E-state index is 0.103. The molecule has 106 valence electrons. The van der Waals surface area contributed by atoms with Crippen molar-refractivity contribution in [1.82, 2.24) is 14.7 Å². The van der Waals surface area contributed by atoms with Crippen molar-refractivity contribution in [3.8, 4) is 0 Å². The number of hydrogen-bond donors (Lipinski definition) is 1. The van der Waals surface area contributed by atoms with Crippen LogP contribution in [-0.4, -0.2) is 47.0 Å². The molecule has 0 radical (unpaired) electrons. The summed E-state index contributed by atoms with van der Waals surface area (Å²) in [7, 11) is 1.82. The van der Waals surface area contributed by atoms with Gasteiger partial charge in [0.25, 0.3) is 0 Å². The molecule has 0 bridgehead atoms. The molecule has 2 amide bonds. The van der Waals surface area contributed by atoms with E-state index in [4.69, 9.17) is 4.74 Å². The van der Waals surface area contributed by atoms with Gasteiger partial charge in [-0.05, 0) is 26.7 Å². The van der Waals surface area contributed by atoms with Crippen LogP contribution in [-0.2, 0) is 11.3 Å². The molecule has 1 aliphatic heterocycles. The topological polar surface area (TPSA) is 59.4 Å². The number of carbonyl (C=O) groups is 1. The molecule has 1 N–H and O–H groups in total. The molecule has 1 unspecified atom stereocenters. The SMILES string of the molecule is CCn1ncc(C)c1NC(=O)N(C)C1CCCOC1. The second kappa shape index (κ2) is 6.06. The first kappa shape index (κ1) is 13.9. The second-order valence-corrected chi connectivity index (χ2v) is 4.90. The van der Waals surface area contributed by atoms with Gasteiger partial charge in [0.1, 0.15) is 5.82 Å². The van der Waals surface area contributed by atoms with E-state index in [1.54, 1.807) is 15.8 Å². The number of anilines is 1. The zero-order chi connectivity index (χ0) is 13.8. The lowest BCUT2D eigenvalue weighted by molar-refractivity contribution is 0.0410. The molecule has 0 aliphatic carbocycles. The van der Waals surface area contributed by atoms with Crippen LogP contribution in [0.15, 0.2) is 6.20 Å². The summed E-state index contributed by atoms with van der Waals surface area (Å²) in [6.45, 7) is 6.10. The van der Waals surface area contributed by atoms with Crippen molar-refractivity contribution in [3.63, 3.8) is 0 Å². The molecule has 1 atom stereocenters. The van der Waals surface area contributed by atoms with Gasteiger partial charge in [-0.25, -0.2) is 9.48 Å². The Bertz CT molecular complexity index is 438. The van der Waals surface area contributed by atoms with E-state index < -0.39 is 0 Å². The van der Waals surface area contributed by atoms with Gasteiger partial charge in [-0.1, -0.05) is 0 Å². The molecule has 1 aliphatic rings. The lowest BCUT2D eigenvalue weighted by Crippen LogP contribution is -2.44. The largest absolute Gasteiger partial charge is 0.379 e. The lowest BCUT2D eigenvalue weighted by Gasteiger charge is -2.31. The van der Waals surface area contributed by atoms with Crippen molar-refractivity contribution in [2.75, 3.05) is 25.6 Å². The van der Waals surface area contributed by atoms with Gasteiger partial charge < -0.3 is 9.64 Å². The van der Waals surface area contributed by atoms with Gasteiger partial charge in [0, 0.05) is 25.8 Å². The molecule has 0 saturated carbocycles. The maximum absolute atomic E-state index is 12.2. The molecule has 1 fully saturated rings. The number of carbonyl (C=O) groups excluding carboxylic acids is 1. The smallest absolute Gasteiger partial charge is 0.323 e. The fourth-order valence-electron chi connectivity index (χ4n) is 2.27. The number of urea groups is 1. The Morgan fingerprint density at radius 1 is 1.68 bits per heavy atom. The Balaban J connectivity index is 2.01. The molecule has 19 heavy (non-hydrogen) atoms. The fraction of sp³-hybridized carbons (Fsp3) is 0.692. The van der Waals surface area contributed by atoms with Crippen molar-refractivity contribution in [2.24, 2.45) is 0 Å². The van der Waals surface area contributed by atoms with Gasteiger partial charge in [0.15, 0.2) is 0 Å². The van der Waals surface area contributed by atoms with Crippen LogP contribution in [0.4, 0.5) is 10.6 Å². The van der Waals surface area contributed by atoms with Crippen LogP contribution >= 0.6 is 0 Å². The first-order chi connectivity index (χ1) is 9.13. The van der Waals surface area contributed by atoms with Gasteiger partial charge in [-0.3, -0.25) is 5.32 Å². The number of aromatic nitrogens is 2. The number of aryl methyl sites for hydroxylation is 2. The van der Waals surface area contributed by atoms with Crippen LogP contribution in [0.5, 0.6) is 0 Å². The molecule has 1 aromatic rings. The molecule has 0 spiro atoms.